The number of ether oxygens (including phenoxy) is 4. The van der Waals surface area contributed by atoms with Crippen LogP contribution in [-0.2, 0) is 31.0 Å². The van der Waals surface area contributed by atoms with Crippen molar-refractivity contribution in [1.29, 1.82) is 0 Å². The number of aliphatic hydroxyl groups is 5. The summed E-state index contributed by atoms with van der Waals surface area (Å²) in [5, 5.41) is 90.7. The Morgan fingerprint density at radius 2 is 1.60 bits per heavy atom. The molecule has 5 heterocycles. The van der Waals surface area contributed by atoms with Crippen LogP contribution in [-0.4, -0.2) is 121 Å². The summed E-state index contributed by atoms with van der Waals surface area (Å²) in [7, 11) is 5.90. The molecule has 6 spiro atoms. The number of phenolic OH excluding ortho intramolecular Hbond substituents is 1. The van der Waals surface area contributed by atoms with Gasteiger partial charge in [0.1, 0.15) is 18.0 Å². The summed E-state index contributed by atoms with van der Waals surface area (Å²) in [5.74, 6) is 0.0501. The second kappa shape index (κ2) is 20.1. The van der Waals surface area contributed by atoms with Gasteiger partial charge < -0.3 is 59.9 Å². The molecule has 5 aromatic rings. The summed E-state index contributed by atoms with van der Waals surface area (Å²) >= 11 is 0. The van der Waals surface area contributed by atoms with Crippen LogP contribution in [0.3, 0.4) is 0 Å². The molecule has 15 heteroatoms. The Bertz CT molecular complexity index is 3870. The van der Waals surface area contributed by atoms with E-state index in [9.17, 15) is 25.5 Å². The molecule has 12 aliphatic carbocycles. The summed E-state index contributed by atoms with van der Waals surface area (Å²) in [6, 6.07) is 22.5. The van der Waals surface area contributed by atoms with Gasteiger partial charge in [-0.3, -0.25) is 0 Å². The molecule has 24 unspecified atom stereocenters. The van der Waals surface area contributed by atoms with Crippen molar-refractivity contribution in [1.82, 2.24) is 10.3 Å². The van der Waals surface area contributed by atoms with Gasteiger partial charge in [0.2, 0.25) is 5.79 Å². The third-order valence-corrected chi connectivity index (χ3v) is 34.2. The molecule has 11 saturated carbocycles. The third kappa shape index (κ3) is 6.97. The highest BCUT2D eigenvalue weighted by Gasteiger charge is 2.91. The highest BCUT2D eigenvalue weighted by Crippen LogP contribution is 2.88. The van der Waals surface area contributed by atoms with E-state index in [2.05, 4.69) is 53.7 Å². The van der Waals surface area contributed by atoms with E-state index in [1.807, 2.05) is 51.9 Å². The van der Waals surface area contributed by atoms with E-state index < -0.39 is 82.6 Å². The maximum absolute atomic E-state index is 16.5. The van der Waals surface area contributed by atoms with E-state index in [0.29, 0.717) is 71.6 Å². The molecule has 490 valence electrons. The number of fused-ring (bicyclic) bond motifs is 11. The van der Waals surface area contributed by atoms with Crippen LogP contribution in [0.15, 0.2) is 66.7 Å². The summed E-state index contributed by atoms with van der Waals surface area (Å²) in [6.07, 6.45) is 17.3. The van der Waals surface area contributed by atoms with Crippen molar-refractivity contribution in [3.05, 3.63) is 83.6 Å². The number of esters is 1. The Hall–Kier alpha value is -3.45. The number of carbonyl (C=O) groups excluding carboxylic acids is 1. The van der Waals surface area contributed by atoms with Crippen molar-refractivity contribution in [3.63, 3.8) is 0 Å². The number of aliphatic hydroxyl groups excluding tert-OH is 3. The standard InChI is InChI=1S/C77H94N2O11S2/c1-78-60-38-92-91-37-54-49-16-12-43-29-45-21-25-73(75(45,62(43)49)56-18-15-47(81)31-51(54)56)65(82)53(60)32-52-57-34-74(71(22-6-7-23-71)33-46-14-17-55-44(36-87-48-10-4-5-11-48)20-24-70(55)26-27-72(46,74)39-70)69(84)77(86)76(57,85)67(89-66(52)73)64(90-77)68(83)88-63-59(35-80)79-58-19-13-42-28-40-8-2-3-9-41(40)30-50(42)61(58)63/h2-3,8-9,13,15,18-19,28,30-31,43-46,48-49,52-55,57,60,62,64-67,69,78-82,84-86H,4-7,10-12,14,16-17,20-27,29,32-39H2,1H3. The minimum atomic E-state index is -2.67. The topological polar surface area (TPSA) is 203 Å². The van der Waals surface area contributed by atoms with Crippen molar-refractivity contribution < 1.29 is 54.4 Å². The number of hydrogen-bond acceptors (Lipinski definition) is 14. The molecule has 3 saturated heterocycles. The first-order valence-electron chi connectivity index (χ1n) is 36.5. The predicted octanol–water partition coefficient (Wildman–Crippen LogP) is 12.5. The van der Waals surface area contributed by atoms with Gasteiger partial charge in [-0.2, -0.15) is 0 Å². The Labute approximate surface area is 547 Å². The molecule has 21 rings (SSSR count). The average molecular weight is 1290 g/mol. The van der Waals surface area contributed by atoms with Gasteiger partial charge in [-0.05, 0) is 262 Å². The fourth-order valence-corrected chi connectivity index (χ4v) is 31.8. The molecule has 14 fully saturated rings. The Kier molecular flexibility index (Phi) is 12.8. The fraction of sp³-hybridized carbons (Fsp3) is 0.701. The number of H-pyrrole nitrogens is 1. The predicted molar refractivity (Wildman–Crippen MR) is 354 cm³/mol. The van der Waals surface area contributed by atoms with Crippen LogP contribution in [0.5, 0.6) is 11.5 Å². The smallest absolute Gasteiger partial charge is 0.343 e. The highest BCUT2D eigenvalue weighted by molar-refractivity contribution is 8.76. The number of aromatic nitrogens is 1. The zero-order valence-corrected chi connectivity index (χ0v) is 55.0. The number of carbonyl (C=O) groups is 1. The number of rotatable bonds is 7. The maximum Gasteiger partial charge on any atom is 0.343 e. The molecule has 0 radical (unpaired) electrons. The molecular weight excluding hydrogens is 1190 g/mol. The van der Waals surface area contributed by atoms with Crippen LogP contribution in [0.2, 0.25) is 0 Å². The molecule has 6 bridgehead atoms. The first-order valence-corrected chi connectivity index (χ1v) is 39.0. The van der Waals surface area contributed by atoms with Gasteiger partial charge in [0, 0.05) is 45.6 Å². The molecule has 8 N–H and O–H groups in total. The molecule has 13 nitrogen and oxygen atoms in total. The lowest BCUT2D eigenvalue weighted by molar-refractivity contribution is -0.410. The second-order valence-corrected chi connectivity index (χ2v) is 36.3. The van der Waals surface area contributed by atoms with E-state index in [1.165, 1.54) is 36.8 Å². The minimum absolute atomic E-state index is 0.0792. The molecular formula is C77H94N2O11S2. The lowest BCUT2D eigenvalue weighted by Crippen LogP contribution is -2.82. The van der Waals surface area contributed by atoms with Crippen molar-refractivity contribution >= 4 is 60.0 Å². The van der Waals surface area contributed by atoms with Gasteiger partial charge in [-0.15, -0.1) is 0 Å². The maximum atomic E-state index is 16.5. The SMILES string of the molecule is CNC1CSSCC2c3cc(O)ccc3C34C(CCC35C(O)C1CC1C3CC6(C(O)C7(O)OC(C(=O)Oc8c(CO)[nH]c9ccc%10cc%11ccccc%11cc%10c89)C(OC15)C37O)C1(CCCC1)CC1CCC3C(COC5CCCC5)CCC35CCC16C5)CC1CCC2C14. The molecule has 4 aromatic carbocycles. The van der Waals surface area contributed by atoms with Crippen LogP contribution in [0.1, 0.15) is 170 Å². The first kappa shape index (κ1) is 58.7. The van der Waals surface area contributed by atoms with Crippen molar-refractivity contribution in [2.75, 3.05) is 25.2 Å². The van der Waals surface area contributed by atoms with E-state index in [-0.39, 0.29) is 57.5 Å². The average Bonchev–Trinajstić information content (AvgIpc) is 1.44. The van der Waals surface area contributed by atoms with Crippen molar-refractivity contribution in [2.45, 2.75) is 220 Å². The molecule has 16 aliphatic rings. The number of aromatic hydroxyl groups is 1. The fourth-order valence-electron chi connectivity index (χ4n) is 29.0. The van der Waals surface area contributed by atoms with Gasteiger partial charge in [0.05, 0.1) is 48.1 Å². The first-order chi connectivity index (χ1) is 44.7. The Morgan fingerprint density at radius 1 is 0.772 bits per heavy atom. The summed E-state index contributed by atoms with van der Waals surface area (Å²) < 4.78 is 29.3. The zero-order chi connectivity index (χ0) is 61.8. The number of phenols is 1. The minimum Gasteiger partial charge on any atom is -0.508 e. The second-order valence-electron chi connectivity index (χ2n) is 33.7. The molecule has 92 heavy (non-hydrogen) atoms. The monoisotopic (exact) mass is 1290 g/mol. The van der Waals surface area contributed by atoms with Crippen molar-refractivity contribution in [2.24, 2.45) is 86.3 Å². The van der Waals surface area contributed by atoms with Crippen LogP contribution >= 0.6 is 21.6 Å². The molecule has 0 amide bonds. The third-order valence-electron chi connectivity index (χ3n) is 31.7. The van der Waals surface area contributed by atoms with Crippen LogP contribution < -0.4 is 10.1 Å². The summed E-state index contributed by atoms with van der Waals surface area (Å²) in [6.45, 7) is 0.374. The number of hydrogen-bond donors (Lipinski definition) is 8. The highest BCUT2D eigenvalue weighted by atomic mass is 33.1. The van der Waals surface area contributed by atoms with E-state index in [4.69, 9.17) is 18.9 Å². The number of benzene rings is 4. The zero-order valence-electron chi connectivity index (χ0n) is 53.4. The van der Waals surface area contributed by atoms with Crippen LogP contribution in [0, 0.1) is 86.3 Å². The van der Waals surface area contributed by atoms with E-state index in [0.717, 1.165) is 142 Å². The van der Waals surface area contributed by atoms with E-state index in [1.54, 1.807) is 0 Å². The molecule has 4 aliphatic heterocycles. The van der Waals surface area contributed by atoms with Gasteiger partial charge in [0.25, 0.3) is 0 Å². The molecule has 1 aromatic heterocycles. The number of aromatic amines is 1. The quantitative estimate of drug-likeness (QED) is 0.0434. The Morgan fingerprint density at radius 3 is 2.42 bits per heavy atom. The van der Waals surface area contributed by atoms with Gasteiger partial charge in [0.15, 0.2) is 17.5 Å². The normalized spacial score (nSPS) is 48.0. The summed E-state index contributed by atoms with van der Waals surface area (Å²) in [5.41, 5.74) is -1.87. The molecule has 24 atom stereocenters. The lowest BCUT2D eigenvalue weighted by Gasteiger charge is -2.72. The van der Waals surface area contributed by atoms with Crippen LogP contribution in [0.25, 0.3) is 32.4 Å². The van der Waals surface area contributed by atoms with Gasteiger partial charge in [-0.1, -0.05) is 83.7 Å². The summed E-state index contributed by atoms with van der Waals surface area (Å²) in [4.78, 5) is 19.9. The van der Waals surface area contributed by atoms with E-state index >= 15 is 9.90 Å². The van der Waals surface area contributed by atoms with Crippen molar-refractivity contribution in [3.8, 4) is 11.5 Å². The van der Waals surface area contributed by atoms with Gasteiger partial charge >= 0.3 is 5.97 Å². The van der Waals surface area contributed by atoms with Gasteiger partial charge in [-0.25, -0.2) is 4.79 Å². The van der Waals surface area contributed by atoms with Crippen LogP contribution in [0.4, 0.5) is 0 Å². The number of nitrogens with one attached hydrogen (secondary N) is 2. The Balaban J connectivity index is 0.795. The largest absolute Gasteiger partial charge is 0.508 e. The lowest BCUT2D eigenvalue weighted by atomic mass is 9.37.